The smallest absolute Gasteiger partial charge is 0.323 e. The molecule has 1 N–H and O–H groups in total. The molecule has 162 valence electrons. The van der Waals surface area contributed by atoms with Crippen LogP contribution in [-0.4, -0.2) is 78.4 Å². The molecule has 1 saturated heterocycles. The number of carbonyl (C=O) groups is 1. The Morgan fingerprint density at radius 2 is 1.87 bits per heavy atom. The first-order chi connectivity index (χ1) is 14.2. The van der Waals surface area contributed by atoms with Gasteiger partial charge in [-0.1, -0.05) is 19.1 Å². The van der Waals surface area contributed by atoms with Crippen LogP contribution in [0.3, 0.4) is 0 Å². The standard InChI is InChI=1S/C20H27N5O4S/c1-4-15-5-7-17(8-6-15)30(28,29)25-10-9-24(14-18(25)20(26)27)19-12-21-16(11-22-19)13-23(2)3/h5-8,11-12,18H,4,9-10,13-14H2,1-3H3,(H,26,27)/t18-/m1/s1. The van der Waals surface area contributed by atoms with Crippen molar-refractivity contribution in [1.29, 1.82) is 0 Å². The second-order valence-corrected chi connectivity index (χ2v) is 9.41. The molecular weight excluding hydrogens is 406 g/mol. The maximum absolute atomic E-state index is 13.1. The van der Waals surface area contributed by atoms with Crippen molar-refractivity contribution in [2.75, 3.05) is 38.6 Å². The summed E-state index contributed by atoms with van der Waals surface area (Å²) in [7, 11) is -0.0567. The first-order valence-corrected chi connectivity index (χ1v) is 11.2. The fourth-order valence-electron chi connectivity index (χ4n) is 3.41. The van der Waals surface area contributed by atoms with Crippen LogP contribution in [0.1, 0.15) is 18.2 Å². The van der Waals surface area contributed by atoms with Gasteiger partial charge in [-0.25, -0.2) is 13.4 Å². The summed E-state index contributed by atoms with van der Waals surface area (Å²) in [6, 6.07) is 5.37. The number of sulfonamides is 1. The molecule has 1 aliphatic rings. The zero-order valence-electron chi connectivity index (χ0n) is 17.4. The Morgan fingerprint density at radius 1 is 1.17 bits per heavy atom. The van der Waals surface area contributed by atoms with E-state index in [1.807, 2.05) is 25.9 Å². The SMILES string of the molecule is CCc1ccc(S(=O)(=O)N2CCN(c3cnc(CN(C)C)cn3)C[C@@H]2C(=O)O)cc1. The molecule has 1 aromatic carbocycles. The number of benzene rings is 1. The van der Waals surface area contributed by atoms with Crippen LogP contribution in [0.25, 0.3) is 0 Å². The predicted octanol–water partition coefficient (Wildman–Crippen LogP) is 1.06. The highest BCUT2D eigenvalue weighted by atomic mass is 32.2. The number of carboxylic acid groups (broad SMARTS) is 1. The summed E-state index contributed by atoms with van der Waals surface area (Å²) in [5.74, 6) is -0.654. The van der Waals surface area contributed by atoms with Gasteiger partial charge in [-0.3, -0.25) is 9.78 Å². The van der Waals surface area contributed by atoms with Crippen LogP contribution in [0.2, 0.25) is 0 Å². The summed E-state index contributed by atoms with van der Waals surface area (Å²) in [6.45, 7) is 3.02. The van der Waals surface area contributed by atoms with Crippen LogP contribution in [0.5, 0.6) is 0 Å². The van der Waals surface area contributed by atoms with E-state index in [0.717, 1.165) is 22.0 Å². The maximum atomic E-state index is 13.1. The van der Waals surface area contributed by atoms with Crippen LogP contribution in [-0.2, 0) is 27.8 Å². The fourth-order valence-corrected chi connectivity index (χ4v) is 4.98. The van der Waals surface area contributed by atoms with Gasteiger partial charge in [-0.2, -0.15) is 4.31 Å². The lowest BCUT2D eigenvalue weighted by Gasteiger charge is -2.38. The van der Waals surface area contributed by atoms with Crippen molar-refractivity contribution in [1.82, 2.24) is 19.2 Å². The van der Waals surface area contributed by atoms with E-state index in [1.54, 1.807) is 29.4 Å². The topological polar surface area (TPSA) is 107 Å². The lowest BCUT2D eigenvalue weighted by atomic mass is 10.2. The third-order valence-electron chi connectivity index (χ3n) is 5.05. The van der Waals surface area contributed by atoms with E-state index >= 15 is 0 Å². The first-order valence-electron chi connectivity index (χ1n) is 9.76. The number of nitrogens with zero attached hydrogens (tertiary/aromatic N) is 5. The molecule has 3 rings (SSSR count). The lowest BCUT2D eigenvalue weighted by molar-refractivity contribution is -0.141. The van der Waals surface area contributed by atoms with Gasteiger partial charge >= 0.3 is 5.97 Å². The summed E-state index contributed by atoms with van der Waals surface area (Å²) in [5, 5.41) is 9.73. The van der Waals surface area contributed by atoms with Crippen LogP contribution in [0, 0.1) is 0 Å². The van der Waals surface area contributed by atoms with E-state index in [2.05, 4.69) is 9.97 Å². The number of piperazine rings is 1. The van der Waals surface area contributed by atoms with Gasteiger partial charge in [0.1, 0.15) is 11.9 Å². The first kappa shape index (κ1) is 22.1. The number of aliphatic carboxylic acids is 1. The zero-order chi connectivity index (χ0) is 21.9. The largest absolute Gasteiger partial charge is 0.480 e. The van der Waals surface area contributed by atoms with Crippen molar-refractivity contribution in [2.24, 2.45) is 0 Å². The van der Waals surface area contributed by atoms with E-state index in [9.17, 15) is 18.3 Å². The molecule has 1 fully saturated rings. The quantitative estimate of drug-likeness (QED) is 0.691. The van der Waals surface area contributed by atoms with Crippen LogP contribution in [0.4, 0.5) is 5.82 Å². The number of hydrogen-bond acceptors (Lipinski definition) is 7. The Bertz CT molecular complexity index is 977. The third-order valence-corrected chi connectivity index (χ3v) is 6.97. The molecule has 10 heteroatoms. The van der Waals surface area contributed by atoms with Gasteiger partial charge < -0.3 is 14.9 Å². The number of rotatable bonds is 7. The van der Waals surface area contributed by atoms with Crippen molar-refractivity contribution in [3.8, 4) is 0 Å². The average Bonchev–Trinajstić information content (AvgIpc) is 2.73. The summed E-state index contributed by atoms with van der Waals surface area (Å²) in [6.07, 6.45) is 4.06. The zero-order valence-corrected chi connectivity index (χ0v) is 18.2. The van der Waals surface area contributed by atoms with Gasteiger partial charge in [-0.05, 0) is 38.2 Å². The molecule has 0 bridgehead atoms. The van der Waals surface area contributed by atoms with Crippen molar-refractivity contribution in [3.05, 3.63) is 47.9 Å². The monoisotopic (exact) mass is 433 g/mol. The third kappa shape index (κ3) is 4.77. The van der Waals surface area contributed by atoms with Crippen molar-refractivity contribution in [2.45, 2.75) is 30.8 Å². The Hall–Kier alpha value is -2.56. The van der Waals surface area contributed by atoms with E-state index in [1.165, 1.54) is 12.1 Å². The summed E-state index contributed by atoms with van der Waals surface area (Å²) >= 11 is 0. The van der Waals surface area contributed by atoms with Crippen LogP contribution >= 0.6 is 0 Å². The van der Waals surface area contributed by atoms with Gasteiger partial charge in [0.25, 0.3) is 0 Å². The molecular formula is C20H27N5O4S. The number of hydrogen-bond donors (Lipinski definition) is 1. The lowest BCUT2D eigenvalue weighted by Crippen LogP contribution is -2.58. The summed E-state index contributed by atoms with van der Waals surface area (Å²) < 4.78 is 27.3. The predicted molar refractivity (Wildman–Crippen MR) is 113 cm³/mol. The molecule has 0 aliphatic carbocycles. The normalized spacial score (nSPS) is 18.0. The van der Waals surface area contributed by atoms with E-state index in [4.69, 9.17) is 0 Å². The van der Waals surface area contributed by atoms with Crippen LogP contribution in [0.15, 0.2) is 41.6 Å². The number of carboxylic acids is 1. The van der Waals surface area contributed by atoms with Crippen LogP contribution < -0.4 is 4.90 Å². The van der Waals surface area contributed by atoms with Gasteiger partial charge in [-0.15, -0.1) is 0 Å². The highest BCUT2D eigenvalue weighted by Gasteiger charge is 2.40. The number of anilines is 1. The van der Waals surface area contributed by atoms with Gasteiger partial charge in [0.2, 0.25) is 10.0 Å². The molecule has 1 atom stereocenters. The van der Waals surface area contributed by atoms with Gasteiger partial charge in [0.15, 0.2) is 0 Å². The molecule has 9 nitrogen and oxygen atoms in total. The van der Waals surface area contributed by atoms with Gasteiger partial charge in [0, 0.05) is 26.2 Å². The minimum atomic E-state index is -3.92. The molecule has 30 heavy (non-hydrogen) atoms. The maximum Gasteiger partial charge on any atom is 0.323 e. The second-order valence-electron chi connectivity index (χ2n) is 7.52. The minimum Gasteiger partial charge on any atom is -0.480 e. The Balaban J connectivity index is 1.80. The highest BCUT2D eigenvalue weighted by molar-refractivity contribution is 7.89. The second kappa shape index (κ2) is 9.07. The van der Waals surface area contributed by atoms with E-state index in [0.29, 0.717) is 18.9 Å². The summed E-state index contributed by atoms with van der Waals surface area (Å²) in [5.41, 5.74) is 1.82. The van der Waals surface area contributed by atoms with E-state index < -0.39 is 22.0 Å². The molecule has 0 spiro atoms. The van der Waals surface area contributed by atoms with Crippen molar-refractivity contribution < 1.29 is 18.3 Å². The molecule has 2 heterocycles. The fraction of sp³-hybridized carbons (Fsp3) is 0.450. The minimum absolute atomic E-state index is 0.00329. The highest BCUT2D eigenvalue weighted by Crippen LogP contribution is 2.24. The Kier molecular flexibility index (Phi) is 6.69. The van der Waals surface area contributed by atoms with E-state index in [-0.39, 0.29) is 18.0 Å². The molecule has 0 unspecified atom stereocenters. The Morgan fingerprint density at radius 3 is 2.40 bits per heavy atom. The van der Waals surface area contributed by atoms with Gasteiger partial charge in [0.05, 0.1) is 23.0 Å². The molecule has 1 aromatic heterocycles. The number of aromatic nitrogens is 2. The molecule has 1 aliphatic heterocycles. The average molecular weight is 434 g/mol. The summed E-state index contributed by atoms with van der Waals surface area (Å²) in [4.78, 5) is 24.5. The number of aryl methyl sites for hydroxylation is 1. The van der Waals surface area contributed by atoms with Crippen molar-refractivity contribution >= 4 is 21.8 Å². The molecule has 0 saturated carbocycles. The van der Waals surface area contributed by atoms with Crippen molar-refractivity contribution in [3.63, 3.8) is 0 Å². The molecule has 0 amide bonds. The molecule has 2 aromatic rings. The molecule has 0 radical (unpaired) electrons. The Labute approximate surface area is 177 Å².